The van der Waals surface area contributed by atoms with Crippen LogP contribution in [0.5, 0.6) is 0 Å². The van der Waals surface area contributed by atoms with Gasteiger partial charge in [-0.25, -0.2) is 0 Å². The minimum Gasteiger partial charge on any atom is -0.309 e. The number of rotatable bonds is 8. The third-order valence-electron chi connectivity index (χ3n) is 10.8. The van der Waals surface area contributed by atoms with Crippen molar-refractivity contribution in [3.8, 4) is 27.9 Å². The van der Waals surface area contributed by atoms with Crippen molar-refractivity contribution in [1.82, 2.24) is 4.57 Å². The monoisotopic (exact) mass is 653 g/mol. The molecular weight excluding hydrogens is 615 g/mol. The molecule has 0 aliphatic carbocycles. The number of fused-ring (bicyclic) bond motifs is 5. The first kappa shape index (κ1) is 30.8. The first-order valence-corrected chi connectivity index (χ1v) is 18.0. The molecule has 1 aromatic heterocycles. The molecule has 2 atom stereocenters. The Balaban J connectivity index is 1.14. The van der Waals surface area contributed by atoms with E-state index in [9.17, 15) is 0 Å². The Hall–Kier alpha value is -6.18. The molecule has 0 radical (unpaired) electrons. The van der Waals surface area contributed by atoms with E-state index in [1.165, 1.54) is 77.2 Å². The Morgan fingerprint density at radius 3 is 1.78 bits per heavy atom. The molecule has 0 spiro atoms. The lowest BCUT2D eigenvalue weighted by atomic mass is 9.78. The van der Waals surface area contributed by atoms with Crippen molar-refractivity contribution < 1.29 is 0 Å². The quantitative estimate of drug-likeness (QED) is 0.154. The van der Waals surface area contributed by atoms with Crippen molar-refractivity contribution in [3.05, 3.63) is 211 Å². The van der Waals surface area contributed by atoms with E-state index in [4.69, 9.17) is 0 Å². The fraction of sp³-hybridized carbons (Fsp3) is 0.0800. The zero-order chi connectivity index (χ0) is 34.1. The second kappa shape index (κ2) is 13.3. The number of nitrogens with zero attached hydrogens (tertiary/aromatic N) is 1. The first-order valence-electron chi connectivity index (χ1n) is 18.0. The van der Waals surface area contributed by atoms with Gasteiger partial charge in [-0.15, -0.1) is 0 Å². The standard InChI is InChI=1S/C50H39N/c1-35(40-28-30-45-43(33-40)29-31-47-46-22-11-12-23-49(46)51(50(45)47)44-20-9-4-10-21-44)48(42-19-13-18-41(34-42)38-16-7-3-8-17-38)32-36-24-26-39(27-25-36)37-14-5-2-6-15-37/h2-31,33-35,48H,32H2,1H3. The van der Waals surface area contributed by atoms with Gasteiger partial charge in [-0.2, -0.15) is 0 Å². The summed E-state index contributed by atoms with van der Waals surface area (Å²) in [7, 11) is 0. The second-order valence-electron chi connectivity index (χ2n) is 13.8. The van der Waals surface area contributed by atoms with Crippen LogP contribution in [0, 0.1) is 0 Å². The van der Waals surface area contributed by atoms with Crippen LogP contribution in [-0.4, -0.2) is 4.57 Å². The average Bonchev–Trinajstić information content (AvgIpc) is 3.55. The SMILES string of the molecule is CC(c1ccc2c(ccc3c4ccccc4n(-c4ccccc4)c23)c1)C(Cc1ccc(-c2ccccc2)cc1)c1cccc(-c2ccccc2)c1. The van der Waals surface area contributed by atoms with Crippen molar-refractivity contribution in [3.63, 3.8) is 0 Å². The lowest BCUT2D eigenvalue weighted by molar-refractivity contribution is 0.573. The number of benzene rings is 8. The Morgan fingerprint density at radius 2 is 1.04 bits per heavy atom. The van der Waals surface area contributed by atoms with E-state index in [0.29, 0.717) is 0 Å². The highest BCUT2D eigenvalue weighted by Crippen LogP contribution is 2.41. The third-order valence-corrected chi connectivity index (χ3v) is 10.8. The molecule has 0 aliphatic heterocycles. The number of hydrogen-bond donors (Lipinski definition) is 0. The second-order valence-corrected chi connectivity index (χ2v) is 13.8. The van der Waals surface area contributed by atoms with Crippen LogP contribution >= 0.6 is 0 Å². The minimum atomic E-state index is 0.282. The van der Waals surface area contributed by atoms with Crippen LogP contribution in [0.3, 0.4) is 0 Å². The van der Waals surface area contributed by atoms with Gasteiger partial charge in [0.25, 0.3) is 0 Å². The van der Waals surface area contributed by atoms with Crippen LogP contribution in [0.1, 0.15) is 35.4 Å². The van der Waals surface area contributed by atoms with Gasteiger partial charge in [-0.3, -0.25) is 0 Å². The van der Waals surface area contributed by atoms with Crippen molar-refractivity contribution in [2.45, 2.75) is 25.2 Å². The highest BCUT2D eigenvalue weighted by Gasteiger charge is 2.23. The van der Waals surface area contributed by atoms with E-state index in [1.807, 2.05) is 0 Å². The summed E-state index contributed by atoms with van der Waals surface area (Å²) in [6.07, 6.45) is 0.952. The Morgan fingerprint density at radius 1 is 0.431 bits per heavy atom. The maximum atomic E-state index is 2.44. The zero-order valence-electron chi connectivity index (χ0n) is 28.8. The van der Waals surface area contributed by atoms with E-state index in [1.54, 1.807) is 0 Å². The Labute approximate surface area is 300 Å². The topological polar surface area (TPSA) is 4.93 Å². The molecule has 244 valence electrons. The van der Waals surface area contributed by atoms with Crippen LogP contribution < -0.4 is 0 Å². The summed E-state index contributed by atoms with van der Waals surface area (Å²) in [6, 6.07) is 71.2. The number of aromatic nitrogens is 1. The maximum absolute atomic E-state index is 2.44. The van der Waals surface area contributed by atoms with Gasteiger partial charge in [0, 0.05) is 21.8 Å². The van der Waals surface area contributed by atoms with E-state index in [2.05, 4.69) is 206 Å². The molecular formula is C50H39N. The molecule has 2 unspecified atom stereocenters. The fourth-order valence-electron chi connectivity index (χ4n) is 8.05. The van der Waals surface area contributed by atoms with Gasteiger partial charge in [0.15, 0.2) is 0 Å². The molecule has 0 amide bonds. The summed E-state index contributed by atoms with van der Waals surface area (Å²) in [5, 5.41) is 5.13. The van der Waals surface area contributed by atoms with E-state index in [-0.39, 0.29) is 11.8 Å². The lowest BCUT2D eigenvalue weighted by Crippen LogP contribution is -2.12. The summed E-state index contributed by atoms with van der Waals surface area (Å²) in [5.74, 6) is 0.568. The van der Waals surface area contributed by atoms with E-state index >= 15 is 0 Å². The lowest BCUT2D eigenvalue weighted by Gasteiger charge is -2.26. The molecule has 0 N–H and O–H groups in total. The van der Waals surface area contributed by atoms with Crippen LogP contribution in [0.4, 0.5) is 0 Å². The van der Waals surface area contributed by atoms with E-state index in [0.717, 1.165) is 6.42 Å². The van der Waals surface area contributed by atoms with Crippen molar-refractivity contribution >= 4 is 32.6 Å². The molecule has 0 saturated heterocycles. The van der Waals surface area contributed by atoms with Gasteiger partial charge < -0.3 is 4.57 Å². The molecule has 0 aliphatic rings. The smallest absolute Gasteiger partial charge is 0.0619 e. The normalized spacial score (nSPS) is 12.7. The minimum absolute atomic E-state index is 0.282. The van der Waals surface area contributed by atoms with Gasteiger partial charge in [0.1, 0.15) is 0 Å². The summed E-state index contributed by atoms with van der Waals surface area (Å²) in [6.45, 7) is 2.42. The molecule has 9 rings (SSSR count). The van der Waals surface area contributed by atoms with Crippen LogP contribution in [-0.2, 0) is 6.42 Å². The van der Waals surface area contributed by atoms with Gasteiger partial charge in [0.05, 0.1) is 11.0 Å². The maximum Gasteiger partial charge on any atom is 0.0619 e. The summed E-state index contributed by atoms with van der Waals surface area (Å²) in [4.78, 5) is 0. The van der Waals surface area contributed by atoms with Crippen molar-refractivity contribution in [2.75, 3.05) is 0 Å². The predicted molar refractivity (Wildman–Crippen MR) is 217 cm³/mol. The van der Waals surface area contributed by atoms with Gasteiger partial charge in [-0.1, -0.05) is 183 Å². The highest BCUT2D eigenvalue weighted by atomic mass is 15.0. The van der Waals surface area contributed by atoms with Crippen molar-refractivity contribution in [2.24, 2.45) is 0 Å². The Kier molecular flexibility index (Phi) is 8.02. The van der Waals surface area contributed by atoms with Crippen molar-refractivity contribution in [1.29, 1.82) is 0 Å². The molecule has 0 saturated carbocycles. The zero-order valence-corrected chi connectivity index (χ0v) is 28.8. The van der Waals surface area contributed by atoms with E-state index < -0.39 is 0 Å². The van der Waals surface area contributed by atoms with Gasteiger partial charge >= 0.3 is 0 Å². The average molecular weight is 654 g/mol. The van der Waals surface area contributed by atoms with Crippen LogP contribution in [0.25, 0.3) is 60.5 Å². The molecule has 8 aromatic carbocycles. The molecule has 0 bridgehead atoms. The van der Waals surface area contributed by atoms with Gasteiger partial charge in [0.2, 0.25) is 0 Å². The molecule has 51 heavy (non-hydrogen) atoms. The van der Waals surface area contributed by atoms with Gasteiger partial charge in [-0.05, 0) is 80.8 Å². The number of para-hydroxylation sites is 2. The highest BCUT2D eigenvalue weighted by molar-refractivity contribution is 6.18. The third kappa shape index (κ3) is 5.81. The summed E-state index contributed by atoms with van der Waals surface area (Å²) < 4.78 is 2.44. The molecule has 1 nitrogen and oxygen atoms in total. The first-order chi connectivity index (χ1) is 25.2. The summed E-state index contributed by atoms with van der Waals surface area (Å²) >= 11 is 0. The Bertz CT molecular complexity index is 2600. The molecule has 1 heterocycles. The predicted octanol–water partition coefficient (Wildman–Crippen LogP) is 13.4. The fourth-order valence-corrected chi connectivity index (χ4v) is 8.05. The molecule has 9 aromatic rings. The summed E-state index contributed by atoms with van der Waals surface area (Å²) in [5.41, 5.74) is 12.8. The van der Waals surface area contributed by atoms with Crippen LogP contribution in [0.15, 0.2) is 194 Å². The van der Waals surface area contributed by atoms with Crippen LogP contribution in [0.2, 0.25) is 0 Å². The number of hydrogen-bond acceptors (Lipinski definition) is 0. The molecule has 1 heteroatoms. The largest absolute Gasteiger partial charge is 0.309 e. The molecule has 0 fully saturated rings.